The maximum Gasteiger partial charge on any atom is 0.255 e. The van der Waals surface area contributed by atoms with Gasteiger partial charge in [-0.3, -0.25) is 14.6 Å². The van der Waals surface area contributed by atoms with E-state index in [9.17, 15) is 9.59 Å². The van der Waals surface area contributed by atoms with Gasteiger partial charge in [0.2, 0.25) is 5.91 Å². The maximum atomic E-state index is 12.6. The number of amides is 2. The van der Waals surface area contributed by atoms with Crippen molar-refractivity contribution in [1.82, 2.24) is 9.88 Å². The van der Waals surface area contributed by atoms with Crippen LogP contribution in [0.15, 0.2) is 67.0 Å². The van der Waals surface area contributed by atoms with Crippen molar-refractivity contribution in [1.29, 1.82) is 0 Å². The zero-order valence-electron chi connectivity index (χ0n) is 18.8. The van der Waals surface area contributed by atoms with Crippen molar-refractivity contribution in [2.24, 2.45) is 5.73 Å². The second-order valence-corrected chi connectivity index (χ2v) is 6.95. The maximum absolute atomic E-state index is 12.6. The molecule has 2 amide bonds. The fraction of sp³-hybridized carbons (Fsp3) is 0.174. The van der Waals surface area contributed by atoms with Crippen molar-refractivity contribution >= 4 is 17.5 Å². The van der Waals surface area contributed by atoms with E-state index in [1.165, 1.54) is 30.6 Å². The Bertz CT molecular complexity index is 1120. The Morgan fingerprint density at radius 1 is 1.07 bits per heavy atom. The summed E-state index contributed by atoms with van der Waals surface area (Å²) in [7, 11) is 3.95. The first-order valence-electron chi connectivity index (χ1n) is 10.2. The normalized spacial score (nSPS) is 12.1. The standard InChI is InChI=1S/C23H24N4O3/c1-27(2)14-16-6-8-18(9-7-16)23(29)26-20-5-3-4-17(10-20)15-30-21-11-19(22(24)28)12-25-13-21/h3-13H,14-15H2,1-2H3,(H2,24,28)(H,26,29)/i15D2. The van der Waals surface area contributed by atoms with E-state index in [0.717, 1.165) is 12.1 Å². The number of ether oxygens (including phenoxy) is 1. The molecule has 3 aromatic rings. The van der Waals surface area contributed by atoms with Gasteiger partial charge in [-0.2, -0.15) is 0 Å². The number of nitrogens with one attached hydrogen (secondary N) is 1. The minimum absolute atomic E-state index is 0.0542. The van der Waals surface area contributed by atoms with Gasteiger partial charge in [0.1, 0.15) is 12.3 Å². The first kappa shape index (κ1) is 18.3. The molecule has 1 heterocycles. The average molecular weight is 406 g/mol. The molecule has 0 unspecified atom stereocenters. The van der Waals surface area contributed by atoms with E-state index in [1.807, 2.05) is 31.1 Å². The van der Waals surface area contributed by atoms with Gasteiger partial charge >= 0.3 is 0 Å². The number of pyridine rings is 1. The highest BCUT2D eigenvalue weighted by Gasteiger charge is 2.08. The summed E-state index contributed by atoms with van der Waals surface area (Å²) in [6.07, 6.45) is 2.56. The third kappa shape index (κ3) is 5.89. The molecule has 0 radical (unpaired) electrons. The molecule has 1 aromatic heterocycles. The molecule has 30 heavy (non-hydrogen) atoms. The fourth-order valence-corrected chi connectivity index (χ4v) is 2.72. The molecule has 0 fully saturated rings. The van der Waals surface area contributed by atoms with Crippen LogP contribution in [-0.4, -0.2) is 35.8 Å². The van der Waals surface area contributed by atoms with E-state index >= 15 is 0 Å². The quantitative estimate of drug-likeness (QED) is 0.599. The summed E-state index contributed by atoms with van der Waals surface area (Å²) in [5.41, 5.74) is 7.52. The molecule has 7 heteroatoms. The summed E-state index contributed by atoms with van der Waals surface area (Å²) >= 11 is 0. The Labute approximate surface area is 178 Å². The summed E-state index contributed by atoms with van der Waals surface area (Å²) in [6.45, 7) is -1.47. The monoisotopic (exact) mass is 406 g/mol. The summed E-state index contributed by atoms with van der Waals surface area (Å²) in [5.74, 6) is -0.945. The van der Waals surface area contributed by atoms with Crippen LogP contribution in [0.1, 0.15) is 34.6 Å². The fourth-order valence-electron chi connectivity index (χ4n) is 2.72. The Morgan fingerprint density at radius 3 is 2.53 bits per heavy atom. The van der Waals surface area contributed by atoms with Crippen LogP contribution in [0.5, 0.6) is 5.75 Å². The third-order valence-corrected chi connectivity index (χ3v) is 4.12. The van der Waals surface area contributed by atoms with Crippen LogP contribution in [0.25, 0.3) is 0 Å². The van der Waals surface area contributed by atoms with Gasteiger partial charge in [0.15, 0.2) is 0 Å². The van der Waals surface area contributed by atoms with Gasteiger partial charge in [0.25, 0.3) is 5.91 Å². The van der Waals surface area contributed by atoms with Crippen LogP contribution in [0.3, 0.4) is 0 Å². The third-order valence-electron chi connectivity index (χ3n) is 4.12. The van der Waals surface area contributed by atoms with Crippen LogP contribution >= 0.6 is 0 Å². The molecule has 154 valence electrons. The van der Waals surface area contributed by atoms with Gasteiger partial charge in [-0.15, -0.1) is 0 Å². The molecule has 2 aromatic carbocycles. The highest BCUT2D eigenvalue weighted by atomic mass is 16.5. The molecule has 7 nitrogen and oxygen atoms in total. The molecular formula is C23H24N4O3. The summed E-state index contributed by atoms with van der Waals surface area (Å²) in [4.78, 5) is 29.8. The first-order valence-corrected chi connectivity index (χ1v) is 9.23. The van der Waals surface area contributed by atoms with Crippen molar-refractivity contribution in [3.63, 3.8) is 0 Å². The number of carbonyl (C=O) groups excluding carboxylic acids is 2. The van der Waals surface area contributed by atoms with Gasteiger partial charge in [0.05, 0.1) is 14.5 Å². The highest BCUT2D eigenvalue weighted by molar-refractivity contribution is 6.04. The summed E-state index contributed by atoms with van der Waals surface area (Å²) < 4.78 is 22.0. The Hall–Kier alpha value is -3.71. The van der Waals surface area contributed by atoms with Crippen LogP contribution in [0.4, 0.5) is 5.69 Å². The van der Waals surface area contributed by atoms with Crippen molar-refractivity contribution < 1.29 is 17.1 Å². The van der Waals surface area contributed by atoms with Crippen molar-refractivity contribution in [3.8, 4) is 5.75 Å². The minimum atomic E-state index is -2.24. The van der Waals surface area contributed by atoms with Crippen molar-refractivity contribution in [2.45, 2.75) is 13.1 Å². The van der Waals surface area contributed by atoms with Crippen LogP contribution in [0.2, 0.25) is 0 Å². The highest BCUT2D eigenvalue weighted by Crippen LogP contribution is 2.17. The lowest BCUT2D eigenvalue weighted by atomic mass is 10.1. The molecule has 0 atom stereocenters. The largest absolute Gasteiger partial charge is 0.487 e. The molecule has 0 bridgehead atoms. The molecule has 0 aliphatic carbocycles. The van der Waals surface area contributed by atoms with E-state index in [-0.39, 0.29) is 22.8 Å². The van der Waals surface area contributed by atoms with Crippen LogP contribution < -0.4 is 15.8 Å². The zero-order valence-corrected chi connectivity index (χ0v) is 16.8. The van der Waals surface area contributed by atoms with E-state index in [0.29, 0.717) is 11.3 Å². The van der Waals surface area contributed by atoms with Crippen molar-refractivity contribution in [3.05, 3.63) is 89.2 Å². The Balaban J connectivity index is 1.73. The Kier molecular flexibility index (Phi) is 5.90. The molecular weight excluding hydrogens is 380 g/mol. The number of hydrogen-bond donors (Lipinski definition) is 2. The van der Waals surface area contributed by atoms with Gasteiger partial charge in [-0.05, 0) is 55.6 Å². The molecule has 3 N–H and O–H groups in total. The lowest BCUT2D eigenvalue weighted by Gasteiger charge is -2.11. The smallest absolute Gasteiger partial charge is 0.255 e. The lowest BCUT2D eigenvalue weighted by Crippen LogP contribution is -2.13. The number of nitrogens with two attached hydrogens (primary N) is 1. The SMILES string of the molecule is [2H]C([2H])(Oc1cncc(C(N)=O)c1)c1cccc(NC(=O)c2ccc(CN(C)C)cc2)c1. The van der Waals surface area contributed by atoms with Crippen LogP contribution in [-0.2, 0) is 13.1 Å². The molecule has 0 aliphatic rings. The van der Waals surface area contributed by atoms with E-state index < -0.39 is 12.5 Å². The van der Waals surface area contributed by atoms with Crippen LogP contribution in [0, 0.1) is 0 Å². The molecule has 0 saturated carbocycles. The van der Waals surface area contributed by atoms with Gasteiger partial charge in [-0.1, -0.05) is 24.3 Å². The Morgan fingerprint density at radius 2 is 1.83 bits per heavy atom. The molecule has 0 aliphatic heterocycles. The number of benzene rings is 2. The number of primary amides is 1. The number of anilines is 1. The number of rotatable bonds is 8. The molecule has 0 spiro atoms. The van der Waals surface area contributed by atoms with Gasteiger partial charge in [-0.25, -0.2) is 0 Å². The average Bonchev–Trinajstić information content (AvgIpc) is 2.74. The zero-order chi connectivity index (χ0) is 23.3. The van der Waals surface area contributed by atoms with Gasteiger partial charge < -0.3 is 20.7 Å². The van der Waals surface area contributed by atoms with Gasteiger partial charge in [0, 0.05) is 24.0 Å². The minimum Gasteiger partial charge on any atom is -0.487 e. The predicted molar refractivity (Wildman–Crippen MR) is 115 cm³/mol. The van der Waals surface area contributed by atoms with Crippen molar-refractivity contribution in [2.75, 3.05) is 19.4 Å². The predicted octanol–water partition coefficient (Wildman–Crippen LogP) is 3.07. The lowest BCUT2D eigenvalue weighted by molar-refractivity contribution is 0.0997. The topological polar surface area (TPSA) is 97.5 Å². The molecule has 3 rings (SSSR count). The second kappa shape index (κ2) is 9.67. The number of nitrogens with zero attached hydrogens (tertiary/aromatic N) is 2. The summed E-state index contributed by atoms with van der Waals surface area (Å²) in [5, 5.41) is 2.77. The number of aromatic nitrogens is 1. The van der Waals surface area contributed by atoms with E-state index in [4.69, 9.17) is 13.2 Å². The number of hydrogen-bond acceptors (Lipinski definition) is 5. The number of carbonyl (C=O) groups is 2. The summed E-state index contributed by atoms with van der Waals surface area (Å²) in [6, 6.07) is 14.9. The second-order valence-electron chi connectivity index (χ2n) is 6.95. The van der Waals surface area contributed by atoms with E-state index in [2.05, 4.69) is 10.3 Å². The molecule has 0 saturated heterocycles. The van der Waals surface area contributed by atoms with E-state index in [1.54, 1.807) is 24.3 Å². The first-order chi connectivity index (χ1) is 15.1.